The van der Waals surface area contributed by atoms with E-state index in [1.54, 1.807) is 12.1 Å². The highest BCUT2D eigenvalue weighted by atomic mass is 16.7. The van der Waals surface area contributed by atoms with Gasteiger partial charge in [-0.1, -0.05) is 5.16 Å². The molecule has 3 rings (SSSR count). The van der Waals surface area contributed by atoms with Gasteiger partial charge in [-0.05, 0) is 12.1 Å². The fourth-order valence-corrected chi connectivity index (χ4v) is 1.90. The molecule has 2 aliphatic rings. The van der Waals surface area contributed by atoms with Gasteiger partial charge < -0.3 is 14.7 Å². The summed E-state index contributed by atoms with van der Waals surface area (Å²) in [5, 5.41) is 11.6. The van der Waals surface area contributed by atoms with Crippen LogP contribution in [0.3, 0.4) is 0 Å². The van der Waals surface area contributed by atoms with Crippen molar-refractivity contribution in [2.75, 3.05) is 6.79 Å². The molecule has 0 atom stereocenters. The molecule has 15 heavy (non-hydrogen) atoms. The third-order valence-corrected chi connectivity index (χ3v) is 2.61. The summed E-state index contributed by atoms with van der Waals surface area (Å²) in [6.07, 6.45) is 0.303. The van der Waals surface area contributed by atoms with Crippen molar-refractivity contribution in [3.63, 3.8) is 0 Å². The number of benzene rings is 1. The lowest BCUT2D eigenvalue weighted by Crippen LogP contribution is -2.06. The van der Waals surface area contributed by atoms with Gasteiger partial charge in [-0.2, -0.15) is 0 Å². The highest BCUT2D eigenvalue weighted by molar-refractivity contribution is 6.49. The van der Waals surface area contributed by atoms with Crippen LogP contribution in [0.5, 0.6) is 11.5 Å². The number of nitrogens with zero attached hydrogens (tertiary/aromatic N) is 1. The second-order valence-corrected chi connectivity index (χ2v) is 3.38. The molecule has 0 amide bonds. The second kappa shape index (κ2) is 2.73. The van der Waals surface area contributed by atoms with E-state index in [0.29, 0.717) is 23.5 Å². The number of ketones is 1. The van der Waals surface area contributed by atoms with Crippen molar-refractivity contribution in [3.8, 4) is 11.5 Å². The number of Topliss-reactive ketones (excluding diaryl/α,β-unsaturated/α-hetero) is 1. The summed E-state index contributed by atoms with van der Waals surface area (Å²) in [7, 11) is 0. The average molecular weight is 205 g/mol. The molecule has 5 nitrogen and oxygen atoms in total. The molecular weight excluding hydrogens is 198 g/mol. The van der Waals surface area contributed by atoms with Crippen molar-refractivity contribution >= 4 is 11.5 Å². The Morgan fingerprint density at radius 2 is 2.20 bits per heavy atom. The standard InChI is InChI=1S/C10H7NO4/c12-9-5-1-2-8-10(15-4-14-8)6(5)3-7(9)11-13/h1-2,13H,3-4H2/b11-7-. The third-order valence-electron chi connectivity index (χ3n) is 2.61. The van der Waals surface area contributed by atoms with Crippen LogP contribution in [0, 0.1) is 0 Å². The third kappa shape index (κ3) is 0.971. The molecule has 0 saturated carbocycles. The number of carbonyl (C=O) groups excluding carboxylic acids is 1. The van der Waals surface area contributed by atoms with E-state index < -0.39 is 0 Å². The van der Waals surface area contributed by atoms with Gasteiger partial charge in [0.1, 0.15) is 5.71 Å². The van der Waals surface area contributed by atoms with Gasteiger partial charge in [0.15, 0.2) is 11.5 Å². The van der Waals surface area contributed by atoms with Gasteiger partial charge in [0.2, 0.25) is 12.6 Å². The van der Waals surface area contributed by atoms with Gasteiger partial charge in [-0.25, -0.2) is 0 Å². The Labute approximate surface area is 84.9 Å². The molecule has 1 N–H and O–H groups in total. The topological polar surface area (TPSA) is 68.1 Å². The Morgan fingerprint density at radius 3 is 3.00 bits per heavy atom. The number of carbonyl (C=O) groups is 1. The van der Waals surface area contributed by atoms with Crippen LogP contribution in [-0.2, 0) is 6.42 Å². The molecule has 0 aromatic heterocycles. The zero-order chi connectivity index (χ0) is 10.4. The first-order chi connectivity index (χ1) is 7.31. The molecule has 5 heteroatoms. The maximum atomic E-state index is 11.6. The monoisotopic (exact) mass is 205 g/mol. The van der Waals surface area contributed by atoms with E-state index in [1.165, 1.54) is 0 Å². The minimum atomic E-state index is -0.245. The van der Waals surface area contributed by atoms with Gasteiger partial charge in [0.05, 0.1) is 0 Å². The van der Waals surface area contributed by atoms with Crippen LogP contribution in [0.25, 0.3) is 0 Å². The fourth-order valence-electron chi connectivity index (χ4n) is 1.90. The van der Waals surface area contributed by atoms with Crippen molar-refractivity contribution in [2.45, 2.75) is 6.42 Å². The Bertz CT molecular complexity index is 492. The van der Waals surface area contributed by atoms with E-state index in [9.17, 15) is 4.79 Å². The normalized spacial score (nSPS) is 19.7. The quantitative estimate of drug-likeness (QED) is 0.506. The van der Waals surface area contributed by atoms with Crippen molar-refractivity contribution in [2.24, 2.45) is 5.16 Å². The Morgan fingerprint density at radius 1 is 1.33 bits per heavy atom. The molecule has 0 bridgehead atoms. The fraction of sp³-hybridized carbons (Fsp3) is 0.200. The van der Waals surface area contributed by atoms with E-state index in [1.807, 2.05) is 0 Å². The molecule has 1 aromatic carbocycles. The van der Waals surface area contributed by atoms with Crippen LogP contribution in [0.4, 0.5) is 0 Å². The maximum absolute atomic E-state index is 11.6. The number of hydrogen-bond donors (Lipinski definition) is 1. The summed E-state index contributed by atoms with van der Waals surface area (Å²) >= 11 is 0. The molecule has 0 fully saturated rings. The predicted octanol–water partition coefficient (Wildman–Crippen LogP) is 0.984. The van der Waals surface area contributed by atoms with Gasteiger partial charge in [0, 0.05) is 17.5 Å². The van der Waals surface area contributed by atoms with Gasteiger partial charge in [-0.15, -0.1) is 0 Å². The first-order valence-corrected chi connectivity index (χ1v) is 4.48. The average Bonchev–Trinajstić information content (AvgIpc) is 2.82. The highest BCUT2D eigenvalue weighted by Crippen LogP contribution is 2.40. The van der Waals surface area contributed by atoms with Crippen LogP contribution >= 0.6 is 0 Å². The van der Waals surface area contributed by atoms with E-state index in [4.69, 9.17) is 14.7 Å². The summed E-state index contributed by atoms with van der Waals surface area (Å²) in [6.45, 7) is 0.172. The Balaban J connectivity index is 2.22. The van der Waals surface area contributed by atoms with E-state index in [0.717, 1.165) is 5.56 Å². The Hall–Kier alpha value is -2.04. The van der Waals surface area contributed by atoms with Gasteiger partial charge >= 0.3 is 0 Å². The number of rotatable bonds is 0. The number of fused-ring (bicyclic) bond motifs is 3. The molecule has 0 radical (unpaired) electrons. The second-order valence-electron chi connectivity index (χ2n) is 3.38. The van der Waals surface area contributed by atoms with E-state index in [2.05, 4.69) is 5.16 Å². The van der Waals surface area contributed by atoms with Crippen molar-refractivity contribution in [3.05, 3.63) is 23.3 Å². The van der Waals surface area contributed by atoms with Crippen LogP contribution in [0.1, 0.15) is 15.9 Å². The van der Waals surface area contributed by atoms with E-state index >= 15 is 0 Å². The lowest BCUT2D eigenvalue weighted by Gasteiger charge is -2.00. The van der Waals surface area contributed by atoms with Gasteiger partial charge in [0.25, 0.3) is 0 Å². The molecule has 1 aliphatic heterocycles. The van der Waals surface area contributed by atoms with Crippen LogP contribution in [0.2, 0.25) is 0 Å². The zero-order valence-electron chi connectivity index (χ0n) is 7.69. The molecular formula is C10H7NO4. The molecule has 0 unspecified atom stereocenters. The SMILES string of the molecule is O=C1/C(=N\O)Cc2c1ccc1c2OCO1. The molecule has 76 valence electrons. The minimum Gasteiger partial charge on any atom is -0.454 e. The molecule has 1 aliphatic carbocycles. The lowest BCUT2D eigenvalue weighted by atomic mass is 10.1. The molecule has 1 heterocycles. The zero-order valence-corrected chi connectivity index (χ0v) is 7.69. The molecule has 0 spiro atoms. The lowest BCUT2D eigenvalue weighted by molar-refractivity contribution is 0.106. The van der Waals surface area contributed by atoms with Crippen molar-refractivity contribution in [1.82, 2.24) is 0 Å². The van der Waals surface area contributed by atoms with E-state index in [-0.39, 0.29) is 18.3 Å². The summed E-state index contributed by atoms with van der Waals surface area (Å²) in [5.41, 5.74) is 1.43. The highest BCUT2D eigenvalue weighted by Gasteiger charge is 2.33. The number of oxime groups is 1. The van der Waals surface area contributed by atoms with Crippen molar-refractivity contribution in [1.29, 1.82) is 0 Å². The van der Waals surface area contributed by atoms with Crippen LogP contribution in [0.15, 0.2) is 17.3 Å². The Kier molecular flexibility index (Phi) is 1.50. The van der Waals surface area contributed by atoms with Gasteiger partial charge in [-0.3, -0.25) is 4.79 Å². The summed E-state index contributed by atoms with van der Waals surface area (Å²) < 4.78 is 10.5. The summed E-state index contributed by atoms with van der Waals surface area (Å²) in [4.78, 5) is 11.6. The number of ether oxygens (including phenoxy) is 2. The largest absolute Gasteiger partial charge is 0.454 e. The molecule has 1 aromatic rings. The first-order valence-electron chi connectivity index (χ1n) is 4.48. The summed E-state index contributed by atoms with van der Waals surface area (Å²) in [6, 6.07) is 3.36. The first kappa shape index (κ1) is 8.28. The predicted molar refractivity (Wildman–Crippen MR) is 49.8 cm³/mol. The maximum Gasteiger partial charge on any atom is 0.231 e. The minimum absolute atomic E-state index is 0.147. The molecule has 0 saturated heterocycles. The van der Waals surface area contributed by atoms with Crippen LogP contribution in [-0.4, -0.2) is 23.5 Å². The van der Waals surface area contributed by atoms with Crippen molar-refractivity contribution < 1.29 is 19.5 Å². The number of hydrogen-bond acceptors (Lipinski definition) is 5. The summed E-state index contributed by atoms with van der Waals surface area (Å²) in [5.74, 6) is 0.992. The smallest absolute Gasteiger partial charge is 0.231 e. The van der Waals surface area contributed by atoms with Crippen LogP contribution < -0.4 is 9.47 Å².